The van der Waals surface area contributed by atoms with Crippen LogP contribution >= 0.6 is 22.6 Å². The van der Waals surface area contributed by atoms with Crippen molar-refractivity contribution >= 4 is 45.8 Å². The topological polar surface area (TPSA) is 54.3 Å². The van der Waals surface area contributed by atoms with Gasteiger partial charge in [0.15, 0.2) is 6.04 Å². The Kier molecular flexibility index (Phi) is 5.54. The second-order valence-corrected chi connectivity index (χ2v) is 8.39. The lowest BCUT2D eigenvalue weighted by Crippen LogP contribution is -3.19. The van der Waals surface area contributed by atoms with Crippen LogP contribution in [0.1, 0.15) is 6.42 Å². The van der Waals surface area contributed by atoms with Gasteiger partial charge in [0, 0.05) is 9.26 Å². The molecule has 2 saturated heterocycles. The summed E-state index contributed by atoms with van der Waals surface area (Å²) in [4.78, 5) is 30.4. The number of rotatable bonds is 4. The average molecular weight is 492 g/mol. The molecule has 4 rings (SSSR count). The van der Waals surface area contributed by atoms with Crippen LogP contribution in [-0.2, 0) is 9.59 Å². The van der Waals surface area contributed by atoms with E-state index in [1.165, 1.54) is 9.80 Å². The predicted molar refractivity (Wildman–Crippen MR) is 116 cm³/mol. The summed E-state index contributed by atoms with van der Waals surface area (Å²) < 4.78 is 6.30. The number of ether oxygens (including phenoxy) is 1. The van der Waals surface area contributed by atoms with Crippen molar-refractivity contribution in [1.82, 2.24) is 0 Å². The molecule has 7 heteroatoms. The van der Waals surface area contributed by atoms with Crippen LogP contribution in [0.25, 0.3) is 0 Å². The van der Waals surface area contributed by atoms with Gasteiger partial charge < -0.3 is 14.5 Å². The monoisotopic (exact) mass is 492 g/mol. The summed E-state index contributed by atoms with van der Waals surface area (Å²) in [6.07, 6.45) is 0.294. The zero-order chi connectivity index (χ0) is 19.7. The van der Waals surface area contributed by atoms with Crippen LogP contribution < -0.4 is 19.4 Å². The molecule has 0 spiro atoms. The molecule has 6 nitrogen and oxygen atoms in total. The lowest BCUT2D eigenvalue weighted by Gasteiger charge is -2.35. The Bertz CT molecular complexity index is 861. The zero-order valence-electron chi connectivity index (χ0n) is 15.7. The van der Waals surface area contributed by atoms with Gasteiger partial charge in [-0.2, -0.15) is 0 Å². The normalized spacial score (nSPS) is 20.7. The Balaban J connectivity index is 1.41. The average Bonchev–Trinajstić information content (AvgIpc) is 3.03. The van der Waals surface area contributed by atoms with Crippen LogP contribution in [0.2, 0.25) is 0 Å². The van der Waals surface area contributed by atoms with Crippen molar-refractivity contribution in [2.24, 2.45) is 0 Å². The molecule has 0 saturated carbocycles. The number of carbonyl (C=O) groups is 2. The molecule has 2 amide bonds. The molecule has 2 heterocycles. The summed E-state index contributed by atoms with van der Waals surface area (Å²) in [7, 11) is 1.66. The summed E-state index contributed by atoms with van der Waals surface area (Å²) in [6.45, 7) is 3.42. The molecule has 2 fully saturated rings. The molecule has 28 heavy (non-hydrogen) atoms. The number of anilines is 2. The van der Waals surface area contributed by atoms with Gasteiger partial charge in [-0.25, -0.2) is 4.90 Å². The highest BCUT2D eigenvalue weighted by atomic mass is 127. The van der Waals surface area contributed by atoms with Crippen molar-refractivity contribution in [1.29, 1.82) is 0 Å². The number of halogens is 1. The summed E-state index contributed by atoms with van der Waals surface area (Å²) in [6, 6.07) is 15.3. The van der Waals surface area contributed by atoms with Crippen LogP contribution in [-0.4, -0.2) is 51.1 Å². The number of quaternary nitrogens is 1. The van der Waals surface area contributed by atoms with E-state index in [-0.39, 0.29) is 17.9 Å². The number of nitrogens with one attached hydrogen (secondary N) is 1. The summed E-state index contributed by atoms with van der Waals surface area (Å²) in [5, 5.41) is 0. The van der Waals surface area contributed by atoms with E-state index in [1.54, 1.807) is 7.11 Å². The number of hydrogen-bond acceptors (Lipinski definition) is 4. The Morgan fingerprint density at radius 1 is 0.964 bits per heavy atom. The molecule has 2 aliphatic rings. The Hall–Kier alpha value is -2.13. The van der Waals surface area contributed by atoms with Crippen molar-refractivity contribution in [2.75, 3.05) is 43.1 Å². The van der Waals surface area contributed by atoms with Gasteiger partial charge >= 0.3 is 0 Å². The van der Waals surface area contributed by atoms with Gasteiger partial charge in [-0.3, -0.25) is 9.59 Å². The number of carbonyl (C=O) groups excluding carboxylic acids is 2. The van der Waals surface area contributed by atoms with Gasteiger partial charge in [-0.15, -0.1) is 0 Å². The molecule has 1 N–H and O–H groups in total. The van der Waals surface area contributed by atoms with E-state index in [1.807, 2.05) is 36.4 Å². The fourth-order valence-corrected chi connectivity index (χ4v) is 4.37. The second kappa shape index (κ2) is 8.08. The smallest absolute Gasteiger partial charge is 0.292 e. The fourth-order valence-electron chi connectivity index (χ4n) is 4.01. The molecule has 0 aliphatic carbocycles. The highest BCUT2D eigenvalue weighted by Gasteiger charge is 2.46. The molecule has 0 bridgehead atoms. The molecular formula is C21H23IN3O3+. The highest BCUT2D eigenvalue weighted by molar-refractivity contribution is 14.1. The van der Waals surface area contributed by atoms with Crippen molar-refractivity contribution in [3.05, 3.63) is 52.1 Å². The maximum Gasteiger partial charge on any atom is 0.292 e. The second-order valence-electron chi connectivity index (χ2n) is 7.14. The van der Waals surface area contributed by atoms with Crippen LogP contribution in [0.3, 0.4) is 0 Å². The van der Waals surface area contributed by atoms with Crippen molar-refractivity contribution in [3.8, 4) is 5.75 Å². The van der Waals surface area contributed by atoms with Crippen LogP contribution in [0.15, 0.2) is 48.5 Å². The van der Waals surface area contributed by atoms with Gasteiger partial charge in [0.2, 0.25) is 5.91 Å². The third-order valence-electron chi connectivity index (χ3n) is 5.57. The van der Waals surface area contributed by atoms with E-state index in [0.29, 0.717) is 12.1 Å². The molecule has 1 atom stereocenters. The first-order chi connectivity index (χ1) is 13.6. The van der Waals surface area contributed by atoms with Crippen molar-refractivity contribution < 1.29 is 19.2 Å². The van der Waals surface area contributed by atoms with Crippen molar-refractivity contribution in [3.63, 3.8) is 0 Å². The minimum Gasteiger partial charge on any atom is -0.497 e. The number of methoxy groups -OCH3 is 1. The Labute approximate surface area is 178 Å². The molecule has 0 unspecified atom stereocenters. The number of imide groups is 1. The molecule has 0 radical (unpaired) electrons. The molecule has 0 aromatic heterocycles. The van der Waals surface area contributed by atoms with E-state index < -0.39 is 0 Å². The largest absolute Gasteiger partial charge is 0.497 e. The SMILES string of the molecule is COc1ccc(N2CC[NH+]([C@@H]3CC(=O)N(c4ccc(I)cc4)C3=O)CC2)cc1. The first kappa shape index (κ1) is 19.2. The van der Waals surface area contributed by atoms with Crippen LogP contribution in [0.5, 0.6) is 5.75 Å². The van der Waals surface area contributed by atoms with E-state index >= 15 is 0 Å². The number of nitrogens with zero attached hydrogens (tertiary/aromatic N) is 2. The van der Waals surface area contributed by atoms with Gasteiger partial charge in [0.25, 0.3) is 5.91 Å². The summed E-state index contributed by atoms with van der Waals surface area (Å²) in [5.74, 6) is 0.680. The lowest BCUT2D eigenvalue weighted by atomic mass is 10.1. The molecule has 2 aromatic carbocycles. The third kappa shape index (κ3) is 3.73. The van der Waals surface area contributed by atoms with Crippen LogP contribution in [0, 0.1) is 3.57 Å². The van der Waals surface area contributed by atoms with Gasteiger partial charge in [0.1, 0.15) is 5.75 Å². The Morgan fingerprint density at radius 2 is 1.57 bits per heavy atom. The fraction of sp³-hybridized carbons (Fsp3) is 0.333. The maximum absolute atomic E-state index is 13.0. The zero-order valence-corrected chi connectivity index (χ0v) is 17.9. The standard InChI is InChI=1S/C21H22IN3O3/c1-28-18-8-6-16(7-9-18)23-10-12-24(13-11-23)19-14-20(26)25(21(19)27)17-4-2-15(22)3-5-17/h2-9,19H,10-14H2,1H3/p+1/t19-/m1/s1. The van der Waals surface area contributed by atoms with E-state index in [0.717, 1.165) is 41.2 Å². The molecule has 146 valence electrons. The Morgan fingerprint density at radius 3 is 2.18 bits per heavy atom. The van der Waals surface area contributed by atoms with Crippen molar-refractivity contribution in [2.45, 2.75) is 12.5 Å². The maximum atomic E-state index is 13.0. The first-order valence-electron chi connectivity index (χ1n) is 9.43. The van der Waals surface area contributed by atoms with Crippen LogP contribution in [0.4, 0.5) is 11.4 Å². The van der Waals surface area contributed by atoms with Gasteiger partial charge in [-0.1, -0.05) is 0 Å². The molecular weight excluding hydrogens is 469 g/mol. The van der Waals surface area contributed by atoms with E-state index in [2.05, 4.69) is 39.6 Å². The van der Waals surface area contributed by atoms with E-state index in [4.69, 9.17) is 4.74 Å². The first-order valence-corrected chi connectivity index (χ1v) is 10.5. The summed E-state index contributed by atoms with van der Waals surface area (Å²) >= 11 is 2.22. The predicted octanol–water partition coefficient (Wildman–Crippen LogP) is 1.34. The number of benzene rings is 2. The molecule has 2 aliphatic heterocycles. The highest BCUT2D eigenvalue weighted by Crippen LogP contribution is 2.23. The summed E-state index contributed by atoms with van der Waals surface area (Å²) in [5.41, 5.74) is 1.84. The minimum absolute atomic E-state index is 0.0703. The number of amides is 2. The third-order valence-corrected chi connectivity index (χ3v) is 6.29. The van der Waals surface area contributed by atoms with E-state index in [9.17, 15) is 9.59 Å². The number of hydrogen-bond donors (Lipinski definition) is 1. The minimum atomic E-state index is -0.273. The lowest BCUT2D eigenvalue weighted by molar-refractivity contribution is -0.915. The van der Waals surface area contributed by atoms with Gasteiger partial charge in [0.05, 0.1) is 45.4 Å². The van der Waals surface area contributed by atoms with Gasteiger partial charge in [-0.05, 0) is 71.1 Å². The number of piperazine rings is 1. The molecule has 2 aromatic rings. The quantitative estimate of drug-likeness (QED) is 0.518.